The Hall–Kier alpha value is -2.18. The van der Waals surface area contributed by atoms with E-state index < -0.39 is 17.8 Å². The van der Waals surface area contributed by atoms with Crippen LogP contribution >= 0.6 is 23.2 Å². The second-order valence-electron chi connectivity index (χ2n) is 6.49. The van der Waals surface area contributed by atoms with Crippen LogP contribution in [0.4, 0.5) is 13.2 Å². The van der Waals surface area contributed by atoms with Crippen molar-refractivity contribution < 1.29 is 22.7 Å². The van der Waals surface area contributed by atoms with Gasteiger partial charge in [-0.05, 0) is 49.6 Å². The van der Waals surface area contributed by atoms with E-state index in [0.717, 1.165) is 41.1 Å². The first-order chi connectivity index (χ1) is 13.8. The molecule has 1 aliphatic rings. The van der Waals surface area contributed by atoms with Gasteiger partial charge >= 0.3 is 6.18 Å². The van der Waals surface area contributed by atoms with Gasteiger partial charge < -0.3 is 9.57 Å². The summed E-state index contributed by atoms with van der Waals surface area (Å²) in [7, 11) is 0. The number of hydrogen-bond acceptors (Lipinski definition) is 3. The average molecular weight is 444 g/mol. The van der Waals surface area contributed by atoms with Crippen molar-refractivity contribution in [2.75, 3.05) is 6.61 Å². The lowest BCUT2D eigenvalue weighted by molar-refractivity contribution is -0.137. The van der Waals surface area contributed by atoms with Crippen molar-refractivity contribution >= 4 is 28.9 Å². The monoisotopic (exact) mass is 443 g/mol. The van der Waals surface area contributed by atoms with E-state index in [4.69, 9.17) is 32.8 Å². The van der Waals surface area contributed by atoms with Crippen molar-refractivity contribution in [3.63, 3.8) is 0 Å². The topological polar surface area (TPSA) is 30.8 Å². The highest BCUT2D eigenvalue weighted by molar-refractivity contribution is 6.55. The lowest BCUT2D eigenvalue weighted by atomic mass is 10.1. The van der Waals surface area contributed by atoms with Crippen LogP contribution in [0.1, 0.15) is 41.7 Å². The van der Waals surface area contributed by atoms with E-state index in [1.807, 2.05) is 18.2 Å². The fraction of sp³-hybridized carbons (Fsp3) is 0.286. The Morgan fingerprint density at radius 2 is 1.86 bits per heavy atom. The Balaban J connectivity index is 1.69. The second-order valence-corrected chi connectivity index (χ2v) is 7.50. The van der Waals surface area contributed by atoms with Gasteiger partial charge in [0.2, 0.25) is 0 Å². The van der Waals surface area contributed by atoms with E-state index in [0.29, 0.717) is 12.0 Å². The summed E-state index contributed by atoms with van der Waals surface area (Å²) < 4.78 is 43.9. The first-order valence-electron chi connectivity index (χ1n) is 8.92. The lowest BCUT2D eigenvalue weighted by Crippen LogP contribution is -2.05. The smallest absolute Gasteiger partial charge is 0.416 e. The molecule has 1 aliphatic carbocycles. The molecule has 0 fully saturated rings. The van der Waals surface area contributed by atoms with Crippen LogP contribution in [-0.4, -0.2) is 12.3 Å². The molecule has 29 heavy (non-hydrogen) atoms. The van der Waals surface area contributed by atoms with E-state index in [9.17, 15) is 13.2 Å². The van der Waals surface area contributed by atoms with Gasteiger partial charge in [0.25, 0.3) is 0 Å². The zero-order valence-electron chi connectivity index (χ0n) is 15.5. The van der Waals surface area contributed by atoms with Gasteiger partial charge in [0.05, 0.1) is 11.3 Å². The van der Waals surface area contributed by atoms with Crippen molar-refractivity contribution in [3.8, 4) is 5.75 Å². The summed E-state index contributed by atoms with van der Waals surface area (Å²) in [6.07, 6.45) is -1.85. The van der Waals surface area contributed by atoms with Crippen LogP contribution in [0.5, 0.6) is 5.75 Å². The first-order valence-corrected chi connectivity index (χ1v) is 9.67. The van der Waals surface area contributed by atoms with E-state index >= 15 is 0 Å². The van der Waals surface area contributed by atoms with Gasteiger partial charge in [0.1, 0.15) is 23.0 Å². The highest BCUT2D eigenvalue weighted by Crippen LogP contribution is 2.33. The molecule has 0 saturated heterocycles. The summed E-state index contributed by atoms with van der Waals surface area (Å²) in [6, 6.07) is 10.5. The summed E-state index contributed by atoms with van der Waals surface area (Å²) in [6.45, 7) is 2.00. The molecule has 8 heteroatoms. The minimum Gasteiger partial charge on any atom is -0.489 e. The predicted octanol–water partition coefficient (Wildman–Crippen LogP) is 6.83. The van der Waals surface area contributed by atoms with Crippen LogP contribution in [0.2, 0.25) is 0 Å². The summed E-state index contributed by atoms with van der Waals surface area (Å²) in [4.78, 5) is 5.57. The molecule has 0 spiro atoms. The maximum Gasteiger partial charge on any atom is 0.416 e. The Morgan fingerprint density at radius 3 is 2.52 bits per heavy atom. The van der Waals surface area contributed by atoms with Crippen molar-refractivity contribution in [3.05, 3.63) is 75.3 Å². The number of ether oxygens (including phenoxy) is 1. The summed E-state index contributed by atoms with van der Waals surface area (Å²) in [5.74, 6) is 0.731. The molecule has 0 N–H and O–H groups in total. The standard InChI is InChI=1S/C21H18Cl2F3NO2/c1-13(14-5-7-15(8-6-14)21(24,25)26)29-27-18-10-9-17-16(18)3-2-4-19(17)28-12-11-20(22)23/h2-8,11,13H,9-10,12H2,1H3/b27-18-. The van der Waals surface area contributed by atoms with Crippen molar-refractivity contribution in [1.29, 1.82) is 0 Å². The normalized spacial score (nSPS) is 15.7. The minimum atomic E-state index is -4.36. The molecule has 2 aromatic rings. The van der Waals surface area contributed by atoms with Gasteiger partial charge in [-0.1, -0.05) is 52.6 Å². The fourth-order valence-electron chi connectivity index (χ4n) is 3.04. The van der Waals surface area contributed by atoms with Gasteiger partial charge in [-0.15, -0.1) is 0 Å². The van der Waals surface area contributed by atoms with E-state index in [2.05, 4.69) is 5.16 Å². The molecule has 0 aliphatic heterocycles. The highest BCUT2D eigenvalue weighted by Gasteiger charge is 2.30. The van der Waals surface area contributed by atoms with Gasteiger partial charge in [0.15, 0.2) is 0 Å². The number of rotatable bonds is 6. The molecule has 3 nitrogen and oxygen atoms in total. The number of fused-ring (bicyclic) bond motifs is 1. The molecule has 1 unspecified atom stereocenters. The second kappa shape index (κ2) is 9.09. The zero-order valence-corrected chi connectivity index (χ0v) is 17.0. The Bertz CT molecular complexity index is 921. The number of hydrogen-bond donors (Lipinski definition) is 0. The third-order valence-electron chi connectivity index (χ3n) is 4.56. The first kappa shape index (κ1) is 21.5. The van der Waals surface area contributed by atoms with Crippen LogP contribution in [0.25, 0.3) is 0 Å². The van der Waals surface area contributed by atoms with Crippen molar-refractivity contribution in [2.45, 2.75) is 32.0 Å². The highest BCUT2D eigenvalue weighted by atomic mass is 35.5. The molecule has 0 saturated carbocycles. The molecule has 154 valence electrons. The molecular weight excluding hydrogens is 426 g/mol. The Morgan fingerprint density at radius 1 is 1.14 bits per heavy atom. The summed E-state index contributed by atoms with van der Waals surface area (Å²) in [5, 5.41) is 4.25. The number of halogens is 5. The fourth-order valence-corrected chi connectivity index (χ4v) is 3.17. The largest absolute Gasteiger partial charge is 0.489 e. The quantitative estimate of drug-likeness (QED) is 0.458. The van der Waals surface area contributed by atoms with Gasteiger partial charge in [-0.2, -0.15) is 13.2 Å². The van der Waals surface area contributed by atoms with Crippen LogP contribution in [0.15, 0.2) is 58.2 Å². The van der Waals surface area contributed by atoms with Crippen LogP contribution in [0, 0.1) is 0 Å². The van der Waals surface area contributed by atoms with E-state index in [1.54, 1.807) is 13.0 Å². The van der Waals surface area contributed by atoms with Crippen LogP contribution in [0.3, 0.4) is 0 Å². The molecular formula is C21H18Cl2F3NO2. The average Bonchev–Trinajstić information content (AvgIpc) is 3.09. The van der Waals surface area contributed by atoms with E-state index in [1.165, 1.54) is 12.1 Å². The number of alkyl halides is 3. The molecule has 3 rings (SSSR count). The maximum absolute atomic E-state index is 12.7. The molecule has 0 heterocycles. The van der Waals surface area contributed by atoms with Crippen molar-refractivity contribution in [1.82, 2.24) is 0 Å². The molecule has 0 bridgehead atoms. The third kappa shape index (κ3) is 5.46. The van der Waals surface area contributed by atoms with Crippen LogP contribution in [-0.2, 0) is 17.4 Å². The van der Waals surface area contributed by atoms with Gasteiger partial charge in [0, 0.05) is 11.1 Å². The molecule has 0 radical (unpaired) electrons. The third-order valence-corrected chi connectivity index (χ3v) is 4.87. The number of oxime groups is 1. The summed E-state index contributed by atoms with van der Waals surface area (Å²) in [5.41, 5.74) is 2.65. The zero-order chi connectivity index (χ0) is 21.0. The molecule has 0 amide bonds. The van der Waals surface area contributed by atoms with Crippen molar-refractivity contribution in [2.24, 2.45) is 5.16 Å². The molecule has 0 aromatic heterocycles. The van der Waals surface area contributed by atoms with Gasteiger partial charge in [-0.3, -0.25) is 0 Å². The Labute approximate surface area is 176 Å². The summed E-state index contributed by atoms with van der Waals surface area (Å²) >= 11 is 11.2. The minimum absolute atomic E-state index is 0.144. The molecule has 2 aromatic carbocycles. The predicted molar refractivity (Wildman–Crippen MR) is 108 cm³/mol. The Kier molecular flexibility index (Phi) is 6.75. The SMILES string of the molecule is CC(O/N=C1/CCc2c(OCC=C(Cl)Cl)cccc21)c1ccc(C(F)(F)F)cc1. The van der Waals surface area contributed by atoms with E-state index in [-0.39, 0.29) is 11.1 Å². The number of nitrogens with zero attached hydrogens (tertiary/aromatic N) is 1. The lowest BCUT2D eigenvalue weighted by Gasteiger charge is -2.13. The molecule has 1 atom stereocenters. The maximum atomic E-state index is 12.7. The number of benzene rings is 2. The van der Waals surface area contributed by atoms with Crippen LogP contribution < -0.4 is 4.74 Å². The van der Waals surface area contributed by atoms with Gasteiger partial charge in [-0.25, -0.2) is 0 Å².